The van der Waals surface area contributed by atoms with E-state index in [2.05, 4.69) is 12.1 Å². The monoisotopic (exact) mass is 319 g/mol. The lowest BCUT2D eigenvalue weighted by atomic mass is 9.90. The molecule has 1 amide bonds. The van der Waals surface area contributed by atoms with Crippen LogP contribution in [0.15, 0.2) is 18.2 Å². The number of benzene rings is 1. The molecule has 0 unspecified atom stereocenters. The first-order chi connectivity index (χ1) is 10.9. The molecule has 3 rings (SSSR count). The lowest BCUT2D eigenvalue weighted by molar-refractivity contribution is 0.0184. The Balaban J connectivity index is 1.50. The Bertz CT molecular complexity index is 571. The topological polar surface area (TPSA) is 48.0 Å². The third kappa shape index (κ3) is 4.09. The molecule has 0 aromatic heterocycles. The molecule has 2 aliphatic heterocycles. The van der Waals surface area contributed by atoms with Gasteiger partial charge in [0.25, 0.3) is 0 Å². The van der Waals surface area contributed by atoms with Gasteiger partial charge in [-0.3, -0.25) is 0 Å². The zero-order chi connectivity index (χ0) is 16.4. The smallest absolute Gasteiger partial charge is 0.410 e. The summed E-state index contributed by atoms with van der Waals surface area (Å²) >= 11 is 0. The number of carbonyl (C=O) groups excluding carboxylic acids is 1. The first kappa shape index (κ1) is 16.0. The summed E-state index contributed by atoms with van der Waals surface area (Å²) < 4.78 is 16.2. The fraction of sp³-hybridized carbons (Fsp3) is 0.611. The number of likely N-dealkylation sites (tertiary alicyclic amines) is 1. The summed E-state index contributed by atoms with van der Waals surface area (Å²) in [4.78, 5) is 13.9. The summed E-state index contributed by atoms with van der Waals surface area (Å²) in [5.74, 6) is 2.26. The molecule has 2 heterocycles. The minimum Gasteiger partial charge on any atom is -0.454 e. The van der Waals surface area contributed by atoms with Gasteiger partial charge in [-0.15, -0.1) is 0 Å². The first-order valence-electron chi connectivity index (χ1n) is 8.27. The van der Waals surface area contributed by atoms with Crippen LogP contribution in [0.5, 0.6) is 11.5 Å². The number of fused-ring (bicyclic) bond motifs is 1. The van der Waals surface area contributed by atoms with Gasteiger partial charge in [0.15, 0.2) is 11.5 Å². The molecular weight excluding hydrogens is 294 g/mol. The van der Waals surface area contributed by atoms with E-state index in [0.29, 0.717) is 12.7 Å². The van der Waals surface area contributed by atoms with Crippen LogP contribution in [-0.2, 0) is 11.2 Å². The fourth-order valence-corrected chi connectivity index (χ4v) is 3.05. The van der Waals surface area contributed by atoms with Crippen LogP contribution in [0.25, 0.3) is 0 Å². The fourth-order valence-electron chi connectivity index (χ4n) is 3.05. The second-order valence-electron chi connectivity index (χ2n) is 7.30. The zero-order valence-electron chi connectivity index (χ0n) is 14.1. The van der Waals surface area contributed by atoms with Gasteiger partial charge in [0, 0.05) is 13.1 Å². The van der Waals surface area contributed by atoms with Crippen LogP contribution in [0.2, 0.25) is 0 Å². The van der Waals surface area contributed by atoms with Crippen molar-refractivity contribution in [2.45, 2.75) is 45.6 Å². The molecule has 1 fully saturated rings. The maximum absolute atomic E-state index is 12.1. The molecule has 1 aromatic carbocycles. The normalized spacial score (nSPS) is 18.1. The minimum atomic E-state index is -0.430. The van der Waals surface area contributed by atoms with Crippen LogP contribution in [0.3, 0.4) is 0 Å². The third-order valence-corrected chi connectivity index (χ3v) is 4.23. The number of piperidine rings is 1. The summed E-state index contributed by atoms with van der Waals surface area (Å²) in [6, 6.07) is 6.16. The average Bonchev–Trinajstić information content (AvgIpc) is 2.94. The van der Waals surface area contributed by atoms with E-state index in [1.807, 2.05) is 31.7 Å². The van der Waals surface area contributed by atoms with Gasteiger partial charge in [-0.2, -0.15) is 0 Å². The van der Waals surface area contributed by atoms with Crippen molar-refractivity contribution in [1.82, 2.24) is 4.90 Å². The van der Waals surface area contributed by atoms with Crippen LogP contribution in [0.1, 0.15) is 39.2 Å². The Labute approximate surface area is 137 Å². The van der Waals surface area contributed by atoms with Gasteiger partial charge in [-0.05, 0) is 63.6 Å². The van der Waals surface area contributed by atoms with E-state index in [0.717, 1.165) is 43.9 Å². The molecule has 5 heteroatoms. The SMILES string of the molecule is CC(C)(C)OC(=O)N1CCC(Cc2ccc3c(c2)OCO3)CC1. The van der Waals surface area contributed by atoms with E-state index in [1.54, 1.807) is 0 Å². The molecule has 23 heavy (non-hydrogen) atoms. The van der Waals surface area contributed by atoms with Gasteiger partial charge in [0.1, 0.15) is 5.60 Å². The Kier molecular flexibility index (Phi) is 4.37. The number of hydrogen-bond donors (Lipinski definition) is 0. The third-order valence-electron chi connectivity index (χ3n) is 4.23. The second-order valence-corrected chi connectivity index (χ2v) is 7.30. The molecule has 0 spiro atoms. The number of rotatable bonds is 2. The van der Waals surface area contributed by atoms with Gasteiger partial charge >= 0.3 is 6.09 Å². The minimum absolute atomic E-state index is 0.195. The van der Waals surface area contributed by atoms with E-state index in [9.17, 15) is 4.79 Å². The molecule has 2 aliphatic rings. The highest BCUT2D eigenvalue weighted by Gasteiger charge is 2.27. The maximum atomic E-state index is 12.1. The van der Waals surface area contributed by atoms with Crippen molar-refractivity contribution in [2.75, 3.05) is 19.9 Å². The van der Waals surface area contributed by atoms with E-state index in [1.165, 1.54) is 5.56 Å². The highest BCUT2D eigenvalue weighted by molar-refractivity contribution is 5.68. The van der Waals surface area contributed by atoms with Crippen molar-refractivity contribution in [3.8, 4) is 11.5 Å². The van der Waals surface area contributed by atoms with Gasteiger partial charge in [0.2, 0.25) is 6.79 Å². The molecule has 0 radical (unpaired) electrons. The zero-order valence-corrected chi connectivity index (χ0v) is 14.1. The van der Waals surface area contributed by atoms with Crippen LogP contribution >= 0.6 is 0 Å². The maximum Gasteiger partial charge on any atom is 0.410 e. The number of amides is 1. The Morgan fingerprint density at radius 3 is 2.61 bits per heavy atom. The van der Waals surface area contributed by atoms with Gasteiger partial charge in [0.05, 0.1) is 0 Å². The molecule has 126 valence electrons. The highest BCUT2D eigenvalue weighted by Crippen LogP contribution is 2.34. The predicted octanol–water partition coefficient (Wildman–Crippen LogP) is 3.60. The summed E-state index contributed by atoms with van der Waals surface area (Å²) in [5.41, 5.74) is 0.838. The van der Waals surface area contributed by atoms with E-state index >= 15 is 0 Å². The number of hydrogen-bond acceptors (Lipinski definition) is 4. The van der Waals surface area contributed by atoms with E-state index in [-0.39, 0.29) is 6.09 Å². The summed E-state index contributed by atoms with van der Waals surface area (Å²) in [7, 11) is 0. The molecule has 0 aliphatic carbocycles. The number of ether oxygens (including phenoxy) is 3. The molecular formula is C18H25NO4. The van der Waals surface area contributed by atoms with E-state index < -0.39 is 5.60 Å². The van der Waals surface area contributed by atoms with Gasteiger partial charge in [-0.1, -0.05) is 6.07 Å². The van der Waals surface area contributed by atoms with E-state index in [4.69, 9.17) is 14.2 Å². The summed E-state index contributed by atoms with van der Waals surface area (Å²) in [6.07, 6.45) is 2.83. The molecule has 0 bridgehead atoms. The Morgan fingerprint density at radius 1 is 1.22 bits per heavy atom. The Hall–Kier alpha value is -1.91. The van der Waals surface area contributed by atoms with Crippen molar-refractivity contribution in [3.05, 3.63) is 23.8 Å². The molecule has 1 saturated heterocycles. The molecule has 5 nitrogen and oxygen atoms in total. The summed E-state index contributed by atoms with van der Waals surface area (Å²) in [5, 5.41) is 0. The average molecular weight is 319 g/mol. The van der Waals surface area contributed by atoms with Gasteiger partial charge < -0.3 is 19.1 Å². The highest BCUT2D eigenvalue weighted by atomic mass is 16.7. The lowest BCUT2D eigenvalue weighted by Crippen LogP contribution is -2.42. The molecule has 0 atom stereocenters. The molecule has 0 saturated carbocycles. The van der Waals surface area contributed by atoms with Crippen molar-refractivity contribution in [1.29, 1.82) is 0 Å². The van der Waals surface area contributed by atoms with Crippen LogP contribution < -0.4 is 9.47 Å². The number of carbonyl (C=O) groups is 1. The predicted molar refractivity (Wildman–Crippen MR) is 86.8 cm³/mol. The van der Waals surface area contributed by atoms with Crippen molar-refractivity contribution in [3.63, 3.8) is 0 Å². The largest absolute Gasteiger partial charge is 0.454 e. The van der Waals surface area contributed by atoms with Crippen LogP contribution in [-0.4, -0.2) is 36.5 Å². The standard InChI is InChI=1S/C18H25NO4/c1-18(2,3)23-17(20)19-8-6-13(7-9-19)10-14-4-5-15-16(11-14)22-12-21-15/h4-5,11,13H,6-10,12H2,1-3H3. The summed E-state index contributed by atoms with van der Waals surface area (Å²) in [6.45, 7) is 7.55. The van der Waals surface area contributed by atoms with Crippen molar-refractivity contribution in [2.24, 2.45) is 5.92 Å². The molecule has 0 N–H and O–H groups in total. The van der Waals surface area contributed by atoms with Crippen LogP contribution in [0.4, 0.5) is 4.79 Å². The lowest BCUT2D eigenvalue weighted by Gasteiger charge is -2.33. The quantitative estimate of drug-likeness (QED) is 0.835. The number of nitrogens with zero attached hydrogens (tertiary/aromatic N) is 1. The first-order valence-corrected chi connectivity index (χ1v) is 8.27. The van der Waals surface area contributed by atoms with Crippen molar-refractivity contribution < 1.29 is 19.0 Å². The van der Waals surface area contributed by atoms with Crippen LogP contribution in [0, 0.1) is 5.92 Å². The van der Waals surface area contributed by atoms with Gasteiger partial charge in [-0.25, -0.2) is 4.79 Å². The second kappa shape index (κ2) is 6.30. The Morgan fingerprint density at radius 2 is 1.91 bits per heavy atom. The van der Waals surface area contributed by atoms with Crippen molar-refractivity contribution >= 4 is 6.09 Å². The molecule has 1 aromatic rings.